The Hall–Kier alpha value is -0.570. The summed E-state index contributed by atoms with van der Waals surface area (Å²) < 4.78 is 0. The van der Waals surface area contributed by atoms with Crippen LogP contribution in [-0.4, -0.2) is 17.2 Å². The van der Waals surface area contributed by atoms with Gasteiger partial charge in [0.15, 0.2) is 0 Å². The highest BCUT2D eigenvalue weighted by atomic mass is 16.3. The van der Waals surface area contributed by atoms with Crippen LogP contribution in [0.2, 0.25) is 0 Å². The molecule has 2 aliphatic rings. The van der Waals surface area contributed by atoms with Gasteiger partial charge in [-0.25, -0.2) is 0 Å². The van der Waals surface area contributed by atoms with Crippen molar-refractivity contribution in [3.05, 3.63) is 0 Å². The molecule has 2 rings (SSSR count). The first-order valence-electron chi connectivity index (χ1n) is 4.45. The zero-order chi connectivity index (χ0) is 8.98. The Morgan fingerprint density at radius 2 is 2.25 bits per heavy atom. The quantitative estimate of drug-likeness (QED) is 0.559. The maximum atomic E-state index is 11.1. The third kappa shape index (κ3) is 0.829. The highest BCUT2D eigenvalue weighted by Gasteiger charge is 2.65. The number of nitrogens with one attached hydrogen (secondary N) is 1. The van der Waals surface area contributed by atoms with Crippen molar-refractivity contribution in [1.29, 1.82) is 0 Å². The molecule has 3 heteroatoms. The van der Waals surface area contributed by atoms with E-state index in [9.17, 15) is 9.90 Å². The summed E-state index contributed by atoms with van der Waals surface area (Å²) in [5, 5.41) is 12.3. The molecular weight excluding hydrogens is 154 g/mol. The van der Waals surface area contributed by atoms with Crippen molar-refractivity contribution in [2.24, 2.45) is 10.8 Å². The van der Waals surface area contributed by atoms with Gasteiger partial charge in [-0.1, -0.05) is 13.8 Å². The predicted molar refractivity (Wildman–Crippen MR) is 44.2 cm³/mol. The molecule has 2 fully saturated rings. The minimum absolute atomic E-state index is 0.0165. The van der Waals surface area contributed by atoms with Gasteiger partial charge < -0.3 is 10.4 Å². The van der Waals surface area contributed by atoms with Crippen molar-refractivity contribution < 1.29 is 9.90 Å². The lowest BCUT2D eigenvalue weighted by Crippen LogP contribution is -2.39. The number of fused-ring (bicyclic) bond motifs is 1. The predicted octanol–water partition coefficient (Wildman–Crippen LogP) is 0.631. The molecule has 1 aliphatic carbocycles. The van der Waals surface area contributed by atoms with Crippen LogP contribution in [-0.2, 0) is 4.79 Å². The molecule has 0 radical (unpaired) electrons. The van der Waals surface area contributed by atoms with E-state index in [0.29, 0.717) is 6.42 Å². The van der Waals surface area contributed by atoms with Crippen LogP contribution in [0.1, 0.15) is 33.1 Å². The molecule has 0 aromatic rings. The Morgan fingerprint density at radius 1 is 1.58 bits per heavy atom. The minimum atomic E-state index is -0.641. The maximum Gasteiger partial charge on any atom is 0.222 e. The number of hydrogen-bond acceptors (Lipinski definition) is 2. The third-order valence-corrected chi connectivity index (χ3v) is 3.82. The molecule has 1 saturated heterocycles. The van der Waals surface area contributed by atoms with Crippen LogP contribution in [0, 0.1) is 10.8 Å². The number of amides is 1. The normalized spacial score (nSPS) is 52.2. The van der Waals surface area contributed by atoms with E-state index < -0.39 is 6.23 Å². The Morgan fingerprint density at radius 3 is 2.92 bits per heavy atom. The first-order chi connectivity index (χ1) is 5.48. The summed E-state index contributed by atoms with van der Waals surface area (Å²) in [6.45, 7) is 4.19. The molecule has 12 heavy (non-hydrogen) atoms. The van der Waals surface area contributed by atoms with Gasteiger partial charge in [-0.3, -0.25) is 4.79 Å². The Bertz CT molecular complexity index is 241. The molecule has 1 saturated carbocycles. The second-order valence-electron chi connectivity index (χ2n) is 4.62. The Kier molecular flexibility index (Phi) is 1.35. The fourth-order valence-corrected chi connectivity index (χ4v) is 2.34. The van der Waals surface area contributed by atoms with Gasteiger partial charge in [-0.2, -0.15) is 0 Å². The number of aliphatic hydroxyl groups excluding tert-OH is 1. The van der Waals surface area contributed by atoms with Crippen molar-refractivity contribution in [2.45, 2.75) is 39.3 Å². The minimum Gasteiger partial charge on any atom is -0.373 e. The van der Waals surface area contributed by atoms with E-state index in [1.165, 1.54) is 0 Å². The van der Waals surface area contributed by atoms with Crippen molar-refractivity contribution in [3.8, 4) is 0 Å². The smallest absolute Gasteiger partial charge is 0.222 e. The third-order valence-electron chi connectivity index (χ3n) is 3.82. The van der Waals surface area contributed by atoms with E-state index in [1.54, 1.807) is 0 Å². The standard InChI is InChI=1S/C9H15NO2/c1-8-4-3-6(11)10-7(12)9(8,2)5-8/h7,12H,3-5H2,1-2H3,(H,10,11). The summed E-state index contributed by atoms with van der Waals surface area (Å²) in [7, 11) is 0. The summed E-state index contributed by atoms with van der Waals surface area (Å²) in [5.74, 6) is -0.0165. The molecule has 0 spiro atoms. The summed E-state index contributed by atoms with van der Waals surface area (Å²) in [5.41, 5.74) is 0.116. The lowest BCUT2D eigenvalue weighted by atomic mass is 9.92. The summed E-state index contributed by atoms with van der Waals surface area (Å²) >= 11 is 0. The number of carbonyl (C=O) groups is 1. The first kappa shape index (κ1) is 8.05. The van der Waals surface area contributed by atoms with Crippen LogP contribution >= 0.6 is 0 Å². The van der Waals surface area contributed by atoms with E-state index in [-0.39, 0.29) is 16.7 Å². The van der Waals surface area contributed by atoms with Crippen LogP contribution in [0.4, 0.5) is 0 Å². The van der Waals surface area contributed by atoms with Gasteiger partial charge >= 0.3 is 0 Å². The largest absolute Gasteiger partial charge is 0.373 e. The molecule has 1 heterocycles. The van der Waals surface area contributed by atoms with Gasteiger partial charge in [0.1, 0.15) is 6.23 Å². The molecule has 0 bridgehead atoms. The Labute approximate surface area is 72.2 Å². The van der Waals surface area contributed by atoms with Crippen molar-refractivity contribution in [2.75, 3.05) is 0 Å². The van der Waals surface area contributed by atoms with Gasteiger partial charge in [-0.15, -0.1) is 0 Å². The maximum absolute atomic E-state index is 11.1. The van der Waals surface area contributed by atoms with Crippen LogP contribution in [0.5, 0.6) is 0 Å². The van der Waals surface area contributed by atoms with E-state index >= 15 is 0 Å². The molecule has 68 valence electrons. The lowest BCUT2D eigenvalue weighted by molar-refractivity contribution is -0.124. The fourth-order valence-electron chi connectivity index (χ4n) is 2.34. The number of hydrogen-bond donors (Lipinski definition) is 2. The highest BCUT2D eigenvalue weighted by Crippen LogP contribution is 2.68. The van der Waals surface area contributed by atoms with Crippen LogP contribution in [0.25, 0.3) is 0 Å². The SMILES string of the molecule is CC12CCC(=O)NC(O)C1(C)C2. The highest BCUT2D eigenvalue weighted by molar-refractivity contribution is 5.77. The zero-order valence-electron chi connectivity index (χ0n) is 7.55. The molecule has 1 aliphatic heterocycles. The van der Waals surface area contributed by atoms with Crippen molar-refractivity contribution in [3.63, 3.8) is 0 Å². The molecular formula is C9H15NO2. The summed E-state index contributed by atoms with van der Waals surface area (Å²) in [4.78, 5) is 11.1. The van der Waals surface area contributed by atoms with E-state index in [4.69, 9.17) is 0 Å². The van der Waals surface area contributed by atoms with Crippen molar-refractivity contribution >= 4 is 5.91 Å². The average Bonchev–Trinajstić information content (AvgIpc) is 2.53. The molecule has 2 N–H and O–H groups in total. The second-order valence-corrected chi connectivity index (χ2v) is 4.62. The lowest BCUT2D eigenvalue weighted by Gasteiger charge is -2.20. The summed E-state index contributed by atoms with van der Waals surface area (Å²) in [6.07, 6.45) is 1.86. The zero-order valence-corrected chi connectivity index (χ0v) is 7.55. The molecule has 3 atom stereocenters. The van der Waals surface area contributed by atoms with E-state index in [2.05, 4.69) is 12.2 Å². The van der Waals surface area contributed by atoms with Crippen molar-refractivity contribution in [1.82, 2.24) is 5.32 Å². The molecule has 3 nitrogen and oxygen atoms in total. The summed E-state index contributed by atoms with van der Waals surface area (Å²) in [6, 6.07) is 0. The number of rotatable bonds is 0. The van der Waals surface area contributed by atoms with Crippen LogP contribution in [0.3, 0.4) is 0 Å². The monoisotopic (exact) mass is 169 g/mol. The van der Waals surface area contributed by atoms with Gasteiger partial charge in [0.05, 0.1) is 0 Å². The number of carbonyl (C=O) groups excluding carboxylic acids is 1. The molecule has 0 aromatic carbocycles. The van der Waals surface area contributed by atoms with Gasteiger partial charge in [0.25, 0.3) is 0 Å². The first-order valence-corrected chi connectivity index (χ1v) is 4.45. The van der Waals surface area contributed by atoms with Crippen LogP contribution in [0.15, 0.2) is 0 Å². The fraction of sp³-hybridized carbons (Fsp3) is 0.889. The molecule has 0 aromatic heterocycles. The van der Waals surface area contributed by atoms with Crippen LogP contribution < -0.4 is 5.32 Å². The van der Waals surface area contributed by atoms with Gasteiger partial charge in [-0.05, 0) is 18.3 Å². The van der Waals surface area contributed by atoms with E-state index in [0.717, 1.165) is 12.8 Å². The second kappa shape index (κ2) is 2.02. The van der Waals surface area contributed by atoms with E-state index in [1.807, 2.05) is 6.92 Å². The van der Waals surface area contributed by atoms with Gasteiger partial charge in [0.2, 0.25) is 5.91 Å². The molecule has 1 amide bonds. The van der Waals surface area contributed by atoms with Gasteiger partial charge in [0, 0.05) is 11.8 Å². The number of aliphatic hydroxyl groups is 1. The molecule has 3 unspecified atom stereocenters. The topological polar surface area (TPSA) is 49.3 Å². The average molecular weight is 169 g/mol. The Balaban J connectivity index is 2.23.